The van der Waals surface area contributed by atoms with Crippen LogP contribution in [0, 0.1) is 6.92 Å². The van der Waals surface area contributed by atoms with Crippen molar-refractivity contribution in [1.29, 1.82) is 0 Å². The van der Waals surface area contributed by atoms with Crippen LogP contribution < -0.4 is 10.2 Å². The molecule has 1 aliphatic heterocycles. The van der Waals surface area contributed by atoms with Gasteiger partial charge in [-0.2, -0.15) is 10.1 Å². The average Bonchev–Trinajstić information content (AvgIpc) is 2.52. The molecule has 2 heterocycles. The van der Waals surface area contributed by atoms with Crippen molar-refractivity contribution in [3.05, 3.63) is 34.4 Å². The number of aromatic nitrogens is 3. The summed E-state index contributed by atoms with van der Waals surface area (Å²) in [4.78, 5) is 9.05. The molecule has 0 saturated carbocycles. The van der Waals surface area contributed by atoms with E-state index in [2.05, 4.69) is 66.3 Å². The summed E-state index contributed by atoms with van der Waals surface area (Å²) in [6.07, 6.45) is 1.65. The maximum atomic E-state index is 4.58. The first kappa shape index (κ1) is 15.2. The highest BCUT2D eigenvalue weighted by Gasteiger charge is 2.17. The topological polar surface area (TPSA) is 57.2 Å². The molecule has 1 aliphatic rings. The highest BCUT2D eigenvalue weighted by Crippen LogP contribution is 2.22. The van der Waals surface area contributed by atoms with Gasteiger partial charge in [0, 0.05) is 36.3 Å². The summed E-state index contributed by atoms with van der Waals surface area (Å²) in [6.45, 7) is 5.96. The molecule has 22 heavy (non-hydrogen) atoms. The van der Waals surface area contributed by atoms with Crippen molar-refractivity contribution in [3.8, 4) is 0 Å². The number of nitrogens with zero attached hydrogens (tertiary/aromatic N) is 5. The van der Waals surface area contributed by atoms with Gasteiger partial charge >= 0.3 is 0 Å². The minimum atomic E-state index is 0.687. The van der Waals surface area contributed by atoms with Crippen molar-refractivity contribution < 1.29 is 0 Å². The molecule has 1 aromatic heterocycles. The van der Waals surface area contributed by atoms with Crippen molar-refractivity contribution in [3.63, 3.8) is 0 Å². The van der Waals surface area contributed by atoms with Gasteiger partial charge in [-0.15, -0.1) is 5.10 Å². The first-order valence-corrected chi connectivity index (χ1v) is 8.07. The second-order valence-electron chi connectivity index (χ2n) is 5.52. The number of halogens is 1. The Labute approximate surface area is 138 Å². The van der Waals surface area contributed by atoms with Crippen LogP contribution in [0.2, 0.25) is 0 Å². The standard InChI is InChI=1S/C15H19BrN6/c1-11-9-12(3-4-13(11)16)18-14-10-17-20-15(19-14)22-7-5-21(2)6-8-22/h3-4,9-10H,5-8H2,1-2H3,(H,18,19,20). The van der Waals surface area contributed by atoms with Crippen molar-refractivity contribution in [1.82, 2.24) is 20.1 Å². The Balaban J connectivity index is 1.74. The molecule has 1 saturated heterocycles. The summed E-state index contributed by atoms with van der Waals surface area (Å²) >= 11 is 3.51. The third-order valence-corrected chi connectivity index (χ3v) is 4.65. The second-order valence-corrected chi connectivity index (χ2v) is 6.38. The summed E-state index contributed by atoms with van der Waals surface area (Å²) in [5, 5.41) is 11.5. The Bertz CT molecular complexity index is 654. The molecular formula is C15H19BrN6. The quantitative estimate of drug-likeness (QED) is 0.904. The Morgan fingerprint density at radius 2 is 1.95 bits per heavy atom. The van der Waals surface area contributed by atoms with Crippen molar-refractivity contribution in [2.45, 2.75) is 6.92 Å². The normalized spacial score (nSPS) is 15.9. The van der Waals surface area contributed by atoms with E-state index in [1.165, 1.54) is 5.56 Å². The number of aryl methyl sites for hydroxylation is 1. The molecule has 0 unspecified atom stereocenters. The number of nitrogens with one attached hydrogen (secondary N) is 1. The highest BCUT2D eigenvalue weighted by molar-refractivity contribution is 9.10. The van der Waals surface area contributed by atoms with Crippen LogP contribution in [0.3, 0.4) is 0 Å². The van der Waals surface area contributed by atoms with E-state index in [9.17, 15) is 0 Å². The summed E-state index contributed by atoms with van der Waals surface area (Å²) in [5.41, 5.74) is 2.16. The predicted molar refractivity (Wildman–Crippen MR) is 91.7 cm³/mol. The van der Waals surface area contributed by atoms with E-state index in [0.29, 0.717) is 11.8 Å². The lowest BCUT2D eigenvalue weighted by molar-refractivity contribution is 0.311. The Hall–Kier alpha value is -1.73. The molecule has 2 aromatic rings. The fraction of sp³-hybridized carbons (Fsp3) is 0.400. The van der Waals surface area contributed by atoms with Crippen molar-refractivity contribution in [2.75, 3.05) is 43.4 Å². The van der Waals surface area contributed by atoms with E-state index in [-0.39, 0.29) is 0 Å². The van der Waals surface area contributed by atoms with Crippen LogP contribution in [0.1, 0.15) is 5.56 Å². The Morgan fingerprint density at radius 1 is 1.18 bits per heavy atom. The van der Waals surface area contributed by atoms with Crippen LogP contribution in [0.25, 0.3) is 0 Å². The predicted octanol–water partition coefficient (Wildman–Crippen LogP) is 2.44. The zero-order chi connectivity index (χ0) is 15.5. The van der Waals surface area contributed by atoms with Crippen molar-refractivity contribution >= 4 is 33.4 Å². The molecule has 7 heteroatoms. The van der Waals surface area contributed by atoms with Crippen LogP contribution in [0.15, 0.2) is 28.9 Å². The number of benzene rings is 1. The van der Waals surface area contributed by atoms with Gasteiger partial charge in [-0.3, -0.25) is 0 Å². The molecule has 1 aromatic carbocycles. The fourth-order valence-electron chi connectivity index (χ4n) is 2.37. The summed E-state index contributed by atoms with van der Waals surface area (Å²) in [7, 11) is 2.13. The van der Waals surface area contributed by atoms with Gasteiger partial charge in [0.05, 0.1) is 6.20 Å². The molecule has 3 rings (SSSR count). The van der Waals surface area contributed by atoms with Gasteiger partial charge in [-0.05, 0) is 37.7 Å². The van der Waals surface area contributed by atoms with Gasteiger partial charge in [0.25, 0.3) is 0 Å². The molecule has 116 valence electrons. The van der Waals surface area contributed by atoms with Crippen LogP contribution >= 0.6 is 15.9 Å². The molecule has 0 spiro atoms. The molecule has 6 nitrogen and oxygen atoms in total. The molecule has 0 atom stereocenters. The van der Waals surface area contributed by atoms with Gasteiger partial charge in [0.1, 0.15) is 0 Å². The molecule has 1 N–H and O–H groups in total. The zero-order valence-electron chi connectivity index (χ0n) is 12.8. The van der Waals surface area contributed by atoms with Crippen LogP contribution in [0.4, 0.5) is 17.5 Å². The monoisotopic (exact) mass is 362 g/mol. The fourth-order valence-corrected chi connectivity index (χ4v) is 2.61. The lowest BCUT2D eigenvalue weighted by Gasteiger charge is -2.32. The molecule has 0 amide bonds. The number of likely N-dealkylation sites (N-methyl/N-ethyl adjacent to an activating group) is 1. The molecule has 0 radical (unpaired) electrons. The Kier molecular flexibility index (Phi) is 4.54. The Morgan fingerprint density at radius 3 is 2.68 bits per heavy atom. The second kappa shape index (κ2) is 6.58. The molecule has 1 fully saturated rings. The first-order valence-electron chi connectivity index (χ1n) is 7.28. The lowest BCUT2D eigenvalue weighted by Crippen LogP contribution is -2.45. The summed E-state index contributed by atoms with van der Waals surface area (Å²) in [5.74, 6) is 1.40. The van der Waals surface area contributed by atoms with Crippen molar-refractivity contribution in [2.24, 2.45) is 0 Å². The third kappa shape index (κ3) is 3.53. The van der Waals surface area contributed by atoms with Gasteiger partial charge in [0.2, 0.25) is 5.95 Å². The summed E-state index contributed by atoms with van der Waals surface area (Å²) in [6, 6.07) is 6.10. The molecule has 0 bridgehead atoms. The van der Waals surface area contributed by atoms with Crippen LogP contribution in [-0.4, -0.2) is 53.3 Å². The van der Waals surface area contributed by atoms with Gasteiger partial charge in [0.15, 0.2) is 5.82 Å². The van der Waals surface area contributed by atoms with Crippen LogP contribution in [-0.2, 0) is 0 Å². The molecular weight excluding hydrogens is 344 g/mol. The van der Waals surface area contributed by atoms with E-state index in [1.807, 2.05) is 12.1 Å². The average molecular weight is 363 g/mol. The first-order chi connectivity index (χ1) is 10.6. The maximum Gasteiger partial charge on any atom is 0.247 e. The number of anilines is 3. The van der Waals surface area contributed by atoms with E-state index in [0.717, 1.165) is 36.3 Å². The minimum absolute atomic E-state index is 0.687. The number of piperazine rings is 1. The number of hydrogen-bond donors (Lipinski definition) is 1. The molecule has 0 aliphatic carbocycles. The summed E-state index contributed by atoms with van der Waals surface area (Å²) < 4.78 is 1.09. The van der Waals surface area contributed by atoms with Crippen LogP contribution in [0.5, 0.6) is 0 Å². The maximum absolute atomic E-state index is 4.58. The number of hydrogen-bond acceptors (Lipinski definition) is 6. The van der Waals surface area contributed by atoms with E-state index >= 15 is 0 Å². The SMILES string of the molecule is Cc1cc(Nc2cnnc(N3CCN(C)CC3)n2)ccc1Br. The van der Waals surface area contributed by atoms with E-state index in [4.69, 9.17) is 0 Å². The van der Waals surface area contributed by atoms with Gasteiger partial charge in [-0.1, -0.05) is 15.9 Å². The van der Waals surface area contributed by atoms with E-state index < -0.39 is 0 Å². The minimum Gasteiger partial charge on any atom is -0.339 e. The highest BCUT2D eigenvalue weighted by atomic mass is 79.9. The number of rotatable bonds is 3. The smallest absolute Gasteiger partial charge is 0.247 e. The largest absolute Gasteiger partial charge is 0.339 e. The van der Waals surface area contributed by atoms with Gasteiger partial charge < -0.3 is 15.1 Å². The van der Waals surface area contributed by atoms with E-state index in [1.54, 1.807) is 6.20 Å². The lowest BCUT2D eigenvalue weighted by atomic mass is 10.2. The van der Waals surface area contributed by atoms with Gasteiger partial charge in [-0.25, -0.2) is 0 Å². The zero-order valence-corrected chi connectivity index (χ0v) is 14.3. The third-order valence-electron chi connectivity index (χ3n) is 3.76.